The third kappa shape index (κ3) is 10.3. The van der Waals surface area contributed by atoms with Gasteiger partial charge in [0.25, 0.3) is 0 Å². The van der Waals surface area contributed by atoms with E-state index in [1.54, 1.807) is 24.3 Å². The van der Waals surface area contributed by atoms with Gasteiger partial charge in [-0.15, -0.1) is 0 Å². The Labute approximate surface area is 221 Å². The number of alkyl carbamates (subject to hydrolysis) is 1. The Hall–Kier alpha value is -1.92. The maximum atomic E-state index is 12.5. The number of thioether (sulfide) groups is 1. The number of ether oxygens (including phenoxy) is 5. The zero-order valence-corrected chi connectivity index (χ0v) is 22.0. The van der Waals surface area contributed by atoms with Crippen LogP contribution in [0.5, 0.6) is 0 Å². The number of nitrogens with one attached hydrogen (secondary N) is 1. The van der Waals surface area contributed by atoms with Crippen molar-refractivity contribution in [2.45, 2.75) is 59.2 Å². The minimum atomic E-state index is -1.86. The fraction of sp³-hybridized carbons (Fsp3) is 0.524. The molecule has 1 N–H and O–H groups in total. The Kier molecular flexibility index (Phi) is 11.2. The van der Waals surface area contributed by atoms with Crippen molar-refractivity contribution in [1.29, 1.82) is 0 Å². The summed E-state index contributed by atoms with van der Waals surface area (Å²) in [7, 11) is 0. The number of carbonyl (C=O) groups excluding carboxylic acids is 4. The molecule has 0 aliphatic carbocycles. The molecule has 35 heavy (non-hydrogen) atoms. The lowest BCUT2D eigenvalue weighted by molar-refractivity contribution is -0.211. The lowest BCUT2D eigenvalue weighted by Crippen LogP contribution is -2.65. The van der Waals surface area contributed by atoms with Crippen LogP contribution in [0.1, 0.15) is 20.8 Å². The van der Waals surface area contributed by atoms with Crippen molar-refractivity contribution in [3.63, 3.8) is 0 Å². The highest BCUT2D eigenvalue weighted by molar-refractivity contribution is 7.99. The predicted molar refractivity (Wildman–Crippen MR) is 127 cm³/mol. The number of benzene rings is 1. The largest absolute Gasteiger partial charge is 0.463 e. The van der Waals surface area contributed by atoms with E-state index < -0.39 is 64.2 Å². The molecule has 0 bridgehead atoms. The van der Waals surface area contributed by atoms with E-state index in [0.29, 0.717) is 0 Å². The standard InChI is InChI=1S/C21H24Cl3NO9S/c1-11(26)30-9-15-17(32-12(2)27)18(33-13(3)28)16(25-20(29)31-10-21(22,23)24)19(34-15)35-14-7-5-4-6-8-14/h4-8,15-19H,9-10H2,1-3H3,(H,25,29)/t15-,16-,17-,18+,19-/m1/s1. The van der Waals surface area contributed by atoms with Crippen LogP contribution in [-0.2, 0) is 38.1 Å². The second-order valence-electron chi connectivity index (χ2n) is 7.29. The molecule has 0 unspecified atom stereocenters. The van der Waals surface area contributed by atoms with Crippen molar-refractivity contribution >= 4 is 70.6 Å². The van der Waals surface area contributed by atoms with E-state index >= 15 is 0 Å². The van der Waals surface area contributed by atoms with Gasteiger partial charge in [-0.25, -0.2) is 4.79 Å². The first-order chi connectivity index (χ1) is 16.4. The molecular formula is C21H24Cl3NO9S. The molecule has 1 aromatic carbocycles. The molecule has 0 radical (unpaired) electrons. The summed E-state index contributed by atoms with van der Waals surface area (Å²) in [4.78, 5) is 48.5. The summed E-state index contributed by atoms with van der Waals surface area (Å²) in [5, 5.41) is 2.55. The number of hydrogen-bond acceptors (Lipinski definition) is 10. The number of amides is 1. The van der Waals surface area contributed by atoms with Crippen LogP contribution in [0.4, 0.5) is 4.79 Å². The van der Waals surface area contributed by atoms with Gasteiger partial charge in [-0.3, -0.25) is 14.4 Å². The van der Waals surface area contributed by atoms with Gasteiger partial charge in [-0.1, -0.05) is 64.8 Å². The smallest absolute Gasteiger partial charge is 0.407 e. The van der Waals surface area contributed by atoms with Gasteiger partial charge in [0.2, 0.25) is 3.79 Å². The quantitative estimate of drug-likeness (QED) is 0.281. The maximum absolute atomic E-state index is 12.5. The molecule has 0 aromatic heterocycles. The van der Waals surface area contributed by atoms with Crippen molar-refractivity contribution in [1.82, 2.24) is 5.32 Å². The van der Waals surface area contributed by atoms with E-state index in [0.717, 1.165) is 18.7 Å². The Morgan fingerprint density at radius 3 is 2.09 bits per heavy atom. The molecule has 5 atom stereocenters. The van der Waals surface area contributed by atoms with Gasteiger partial charge in [0.15, 0.2) is 12.2 Å². The Bertz CT molecular complexity index is 900. The maximum Gasteiger partial charge on any atom is 0.407 e. The summed E-state index contributed by atoms with van der Waals surface area (Å²) >= 11 is 18.1. The summed E-state index contributed by atoms with van der Waals surface area (Å²) in [6.45, 7) is 2.64. The summed E-state index contributed by atoms with van der Waals surface area (Å²) in [6.07, 6.45) is -4.50. The lowest BCUT2D eigenvalue weighted by Gasteiger charge is -2.44. The van der Waals surface area contributed by atoms with Crippen LogP contribution < -0.4 is 5.32 Å². The zero-order chi connectivity index (χ0) is 26.2. The summed E-state index contributed by atoms with van der Waals surface area (Å²) in [5.74, 6) is -2.03. The van der Waals surface area contributed by atoms with Crippen molar-refractivity contribution in [3.8, 4) is 0 Å². The first-order valence-electron chi connectivity index (χ1n) is 10.2. The van der Waals surface area contributed by atoms with Crippen LogP contribution >= 0.6 is 46.6 Å². The van der Waals surface area contributed by atoms with Crippen molar-refractivity contribution in [2.24, 2.45) is 0 Å². The Balaban J connectivity index is 2.42. The summed E-state index contributed by atoms with van der Waals surface area (Å²) < 4.78 is 25.1. The SMILES string of the molecule is CC(=O)OC[C@H]1O[C@H](Sc2ccccc2)[C@H](NC(=O)OCC(Cl)(Cl)Cl)[C@H](OC(C)=O)[C@@H]1OC(C)=O. The lowest BCUT2D eigenvalue weighted by atomic mass is 9.97. The van der Waals surface area contributed by atoms with Gasteiger partial charge < -0.3 is 29.0 Å². The molecule has 10 nitrogen and oxygen atoms in total. The van der Waals surface area contributed by atoms with E-state index in [4.69, 9.17) is 58.5 Å². The van der Waals surface area contributed by atoms with E-state index in [9.17, 15) is 19.2 Å². The molecule has 0 saturated carbocycles. The molecule has 1 saturated heterocycles. The molecule has 0 spiro atoms. The van der Waals surface area contributed by atoms with Gasteiger partial charge in [-0.05, 0) is 12.1 Å². The second-order valence-corrected chi connectivity index (χ2v) is 11.0. The number of carbonyl (C=O) groups is 4. The number of alkyl halides is 3. The van der Waals surface area contributed by atoms with Gasteiger partial charge in [0.1, 0.15) is 30.8 Å². The molecule has 194 valence electrons. The number of halogens is 3. The molecular weight excluding hydrogens is 549 g/mol. The molecule has 1 aliphatic rings. The fourth-order valence-corrected chi connectivity index (χ4v) is 4.43. The molecule has 1 amide bonds. The van der Waals surface area contributed by atoms with Crippen molar-refractivity contribution in [3.05, 3.63) is 30.3 Å². The Morgan fingerprint density at radius 1 is 0.943 bits per heavy atom. The molecule has 1 aliphatic heterocycles. The average Bonchev–Trinajstić information content (AvgIpc) is 2.74. The highest BCUT2D eigenvalue weighted by atomic mass is 35.6. The van der Waals surface area contributed by atoms with Crippen LogP contribution in [0.25, 0.3) is 0 Å². The zero-order valence-electron chi connectivity index (χ0n) is 18.9. The third-order valence-corrected chi connectivity index (χ3v) is 5.86. The average molecular weight is 573 g/mol. The normalized spacial score (nSPS) is 24.1. The van der Waals surface area contributed by atoms with Crippen LogP contribution in [0, 0.1) is 0 Å². The number of rotatable bonds is 8. The van der Waals surface area contributed by atoms with Gasteiger partial charge >= 0.3 is 24.0 Å². The van der Waals surface area contributed by atoms with E-state index in [-0.39, 0.29) is 6.61 Å². The molecule has 1 aromatic rings. The van der Waals surface area contributed by atoms with E-state index in [1.807, 2.05) is 6.07 Å². The van der Waals surface area contributed by atoms with Crippen LogP contribution in [0.15, 0.2) is 35.2 Å². The first-order valence-corrected chi connectivity index (χ1v) is 12.2. The van der Waals surface area contributed by atoms with Gasteiger partial charge in [0, 0.05) is 25.7 Å². The monoisotopic (exact) mass is 571 g/mol. The highest BCUT2D eigenvalue weighted by Gasteiger charge is 2.51. The van der Waals surface area contributed by atoms with Crippen molar-refractivity contribution < 1.29 is 42.9 Å². The van der Waals surface area contributed by atoms with Gasteiger partial charge in [0.05, 0.1) is 0 Å². The van der Waals surface area contributed by atoms with Crippen LogP contribution in [0.2, 0.25) is 0 Å². The predicted octanol–water partition coefficient (Wildman–Crippen LogP) is 3.40. The Morgan fingerprint density at radius 2 is 1.54 bits per heavy atom. The van der Waals surface area contributed by atoms with E-state index in [2.05, 4.69) is 5.32 Å². The molecule has 1 fully saturated rings. The molecule has 1 heterocycles. The summed E-state index contributed by atoms with van der Waals surface area (Å²) in [6, 6.07) is 7.91. The van der Waals surface area contributed by atoms with Gasteiger partial charge in [-0.2, -0.15) is 0 Å². The molecule has 14 heteroatoms. The second kappa shape index (κ2) is 13.4. The number of hydrogen-bond donors (Lipinski definition) is 1. The fourth-order valence-electron chi connectivity index (χ4n) is 3.11. The molecule has 2 rings (SSSR count). The number of esters is 3. The summed E-state index contributed by atoms with van der Waals surface area (Å²) in [5.41, 5.74) is -0.908. The van der Waals surface area contributed by atoms with Crippen molar-refractivity contribution in [2.75, 3.05) is 13.2 Å². The minimum absolute atomic E-state index is 0.304. The minimum Gasteiger partial charge on any atom is -0.463 e. The topological polar surface area (TPSA) is 126 Å². The van der Waals surface area contributed by atoms with Crippen LogP contribution in [-0.4, -0.2) is 70.8 Å². The highest BCUT2D eigenvalue weighted by Crippen LogP contribution is 2.36. The third-order valence-electron chi connectivity index (χ3n) is 4.35. The van der Waals surface area contributed by atoms with E-state index in [1.165, 1.54) is 18.7 Å². The van der Waals surface area contributed by atoms with Crippen LogP contribution in [0.3, 0.4) is 0 Å². The first kappa shape index (κ1) is 29.3.